The van der Waals surface area contributed by atoms with Gasteiger partial charge in [-0.25, -0.2) is 0 Å². The first-order chi connectivity index (χ1) is 15.2. The molecule has 2 heterocycles. The van der Waals surface area contributed by atoms with Crippen molar-refractivity contribution in [2.24, 2.45) is 0 Å². The van der Waals surface area contributed by atoms with Crippen molar-refractivity contribution in [3.8, 4) is 0 Å². The third kappa shape index (κ3) is 2.64. The third-order valence-electron chi connectivity index (χ3n) is 6.61. The predicted octanol–water partition coefficient (Wildman–Crippen LogP) is 7.59. The van der Waals surface area contributed by atoms with Gasteiger partial charge in [0.05, 0.1) is 5.52 Å². The summed E-state index contributed by atoms with van der Waals surface area (Å²) in [5.74, 6) is 0. The highest BCUT2D eigenvalue weighted by Crippen LogP contribution is 2.40. The molecular formula is C29H26N2. The summed E-state index contributed by atoms with van der Waals surface area (Å²) < 4.78 is 4.94. The Labute approximate surface area is 182 Å². The summed E-state index contributed by atoms with van der Waals surface area (Å²) in [6.45, 7) is 8.46. The molecule has 0 bridgehead atoms. The fourth-order valence-corrected chi connectivity index (χ4v) is 5.53. The highest BCUT2D eigenvalue weighted by molar-refractivity contribution is 6.28. The Balaban J connectivity index is 1.75. The van der Waals surface area contributed by atoms with Crippen LogP contribution >= 0.6 is 0 Å². The standard InChI is InChI=1S/C29H26N2/c1-4-30-24-11-7-5-9-22(24)28-26(30)13-14-27-29(28)23-10-6-8-12-25(23)31(27)18-21-16-19(2)15-20(3)17-21/h5-17H,4,18H2,1-3H3. The SMILES string of the molecule is CCn1c2ccccc2c2c3c4ccccc4n(Cc4cc(C)cc(C)c4)c3ccc21. The van der Waals surface area contributed by atoms with E-state index < -0.39 is 0 Å². The smallest absolute Gasteiger partial charge is 0.0502 e. The molecule has 0 N–H and O–H groups in total. The molecule has 0 aliphatic rings. The molecule has 152 valence electrons. The molecular weight excluding hydrogens is 376 g/mol. The van der Waals surface area contributed by atoms with Crippen molar-refractivity contribution in [2.45, 2.75) is 33.9 Å². The second-order valence-corrected chi connectivity index (χ2v) is 8.71. The molecule has 0 aliphatic heterocycles. The fraction of sp³-hybridized carbons (Fsp3) is 0.172. The first-order valence-electron chi connectivity index (χ1n) is 11.1. The molecule has 0 saturated carbocycles. The summed E-state index contributed by atoms with van der Waals surface area (Å²) in [6, 6.07) is 29.2. The van der Waals surface area contributed by atoms with Gasteiger partial charge in [-0.3, -0.25) is 0 Å². The van der Waals surface area contributed by atoms with Crippen LogP contribution in [-0.2, 0) is 13.1 Å². The lowest BCUT2D eigenvalue weighted by atomic mass is 10.1. The van der Waals surface area contributed by atoms with E-state index in [9.17, 15) is 0 Å². The van der Waals surface area contributed by atoms with Crippen molar-refractivity contribution in [3.05, 3.63) is 95.6 Å². The van der Waals surface area contributed by atoms with Gasteiger partial charge in [-0.2, -0.15) is 0 Å². The Morgan fingerprint density at radius 3 is 1.68 bits per heavy atom. The van der Waals surface area contributed by atoms with E-state index in [2.05, 4.69) is 109 Å². The first-order valence-corrected chi connectivity index (χ1v) is 11.1. The van der Waals surface area contributed by atoms with Gasteiger partial charge in [-0.15, -0.1) is 0 Å². The monoisotopic (exact) mass is 402 g/mol. The number of hydrogen-bond acceptors (Lipinski definition) is 0. The molecule has 2 heteroatoms. The van der Waals surface area contributed by atoms with Gasteiger partial charge in [0, 0.05) is 51.2 Å². The van der Waals surface area contributed by atoms with E-state index in [1.807, 2.05) is 0 Å². The quantitative estimate of drug-likeness (QED) is 0.289. The number of para-hydroxylation sites is 2. The Morgan fingerprint density at radius 2 is 1.10 bits per heavy atom. The summed E-state index contributed by atoms with van der Waals surface area (Å²) in [4.78, 5) is 0. The lowest BCUT2D eigenvalue weighted by Crippen LogP contribution is -2.00. The van der Waals surface area contributed by atoms with Gasteiger partial charge in [0.2, 0.25) is 0 Å². The minimum Gasteiger partial charge on any atom is -0.341 e. The van der Waals surface area contributed by atoms with Gasteiger partial charge in [-0.05, 0) is 50.6 Å². The van der Waals surface area contributed by atoms with E-state index in [0.717, 1.165) is 13.1 Å². The van der Waals surface area contributed by atoms with Crippen LogP contribution in [0, 0.1) is 13.8 Å². The van der Waals surface area contributed by atoms with Crippen LogP contribution in [0.4, 0.5) is 0 Å². The lowest BCUT2D eigenvalue weighted by molar-refractivity contribution is 0.827. The Morgan fingerprint density at radius 1 is 0.581 bits per heavy atom. The zero-order valence-electron chi connectivity index (χ0n) is 18.3. The number of aromatic nitrogens is 2. The van der Waals surface area contributed by atoms with Crippen LogP contribution in [0.15, 0.2) is 78.9 Å². The van der Waals surface area contributed by atoms with E-state index in [1.165, 1.54) is 60.3 Å². The molecule has 6 aromatic rings. The van der Waals surface area contributed by atoms with Crippen LogP contribution in [0.25, 0.3) is 43.6 Å². The Kier molecular flexibility index (Phi) is 3.97. The molecule has 6 rings (SSSR count). The molecule has 2 aromatic heterocycles. The van der Waals surface area contributed by atoms with Crippen LogP contribution in [0.1, 0.15) is 23.6 Å². The number of aryl methyl sites for hydroxylation is 3. The molecule has 0 aliphatic carbocycles. The maximum atomic E-state index is 2.50. The van der Waals surface area contributed by atoms with E-state index in [4.69, 9.17) is 0 Å². The Bertz CT molecular complexity index is 1590. The number of fused-ring (bicyclic) bond motifs is 7. The minimum atomic E-state index is 0.879. The molecule has 0 atom stereocenters. The van der Waals surface area contributed by atoms with Gasteiger partial charge < -0.3 is 9.13 Å². The highest BCUT2D eigenvalue weighted by atomic mass is 15.0. The van der Waals surface area contributed by atoms with Crippen molar-refractivity contribution in [1.29, 1.82) is 0 Å². The van der Waals surface area contributed by atoms with Gasteiger partial charge in [0.25, 0.3) is 0 Å². The molecule has 0 saturated heterocycles. The van der Waals surface area contributed by atoms with Crippen molar-refractivity contribution >= 4 is 43.6 Å². The lowest BCUT2D eigenvalue weighted by Gasteiger charge is -2.10. The zero-order valence-corrected chi connectivity index (χ0v) is 18.3. The summed E-state index contributed by atoms with van der Waals surface area (Å²) in [7, 11) is 0. The van der Waals surface area contributed by atoms with Crippen molar-refractivity contribution in [2.75, 3.05) is 0 Å². The summed E-state index contributed by atoms with van der Waals surface area (Å²) in [5, 5.41) is 5.44. The maximum Gasteiger partial charge on any atom is 0.0502 e. The van der Waals surface area contributed by atoms with Crippen LogP contribution in [0.5, 0.6) is 0 Å². The first kappa shape index (κ1) is 18.3. The molecule has 0 fully saturated rings. The number of benzene rings is 4. The van der Waals surface area contributed by atoms with Crippen LogP contribution in [-0.4, -0.2) is 9.13 Å². The number of nitrogens with zero attached hydrogens (tertiary/aromatic N) is 2. The van der Waals surface area contributed by atoms with Gasteiger partial charge >= 0.3 is 0 Å². The summed E-state index contributed by atoms with van der Waals surface area (Å²) in [6.07, 6.45) is 0. The number of rotatable bonds is 3. The Hall–Kier alpha value is -3.52. The summed E-state index contributed by atoms with van der Waals surface area (Å²) >= 11 is 0. The van der Waals surface area contributed by atoms with Gasteiger partial charge in [-0.1, -0.05) is 65.7 Å². The largest absolute Gasteiger partial charge is 0.341 e. The molecule has 0 radical (unpaired) electrons. The average Bonchev–Trinajstić information content (AvgIpc) is 3.26. The molecule has 2 nitrogen and oxygen atoms in total. The van der Waals surface area contributed by atoms with Gasteiger partial charge in [0.15, 0.2) is 0 Å². The zero-order chi connectivity index (χ0) is 21.1. The van der Waals surface area contributed by atoms with E-state index >= 15 is 0 Å². The van der Waals surface area contributed by atoms with E-state index in [0.29, 0.717) is 0 Å². The topological polar surface area (TPSA) is 9.86 Å². The van der Waals surface area contributed by atoms with Gasteiger partial charge in [0.1, 0.15) is 0 Å². The van der Waals surface area contributed by atoms with Crippen molar-refractivity contribution in [1.82, 2.24) is 9.13 Å². The summed E-state index contributed by atoms with van der Waals surface area (Å²) in [5.41, 5.74) is 9.26. The predicted molar refractivity (Wildman–Crippen MR) is 133 cm³/mol. The van der Waals surface area contributed by atoms with Crippen LogP contribution < -0.4 is 0 Å². The maximum absolute atomic E-state index is 2.50. The molecule has 4 aromatic carbocycles. The minimum absolute atomic E-state index is 0.879. The molecule has 0 spiro atoms. The van der Waals surface area contributed by atoms with Crippen molar-refractivity contribution < 1.29 is 0 Å². The number of hydrogen-bond donors (Lipinski definition) is 0. The second-order valence-electron chi connectivity index (χ2n) is 8.71. The molecule has 31 heavy (non-hydrogen) atoms. The molecule has 0 unspecified atom stereocenters. The fourth-order valence-electron chi connectivity index (χ4n) is 5.53. The van der Waals surface area contributed by atoms with E-state index in [1.54, 1.807) is 0 Å². The highest BCUT2D eigenvalue weighted by Gasteiger charge is 2.18. The second kappa shape index (κ2) is 6.75. The average molecular weight is 403 g/mol. The third-order valence-corrected chi connectivity index (χ3v) is 6.61. The molecule has 0 amide bonds. The van der Waals surface area contributed by atoms with Crippen molar-refractivity contribution in [3.63, 3.8) is 0 Å². The van der Waals surface area contributed by atoms with Crippen LogP contribution in [0.3, 0.4) is 0 Å². The van der Waals surface area contributed by atoms with Crippen LogP contribution in [0.2, 0.25) is 0 Å². The normalized spacial score (nSPS) is 12.0. The van der Waals surface area contributed by atoms with E-state index in [-0.39, 0.29) is 0 Å².